The van der Waals surface area contributed by atoms with Gasteiger partial charge in [0.15, 0.2) is 0 Å². The summed E-state index contributed by atoms with van der Waals surface area (Å²) in [5.74, 6) is 0.271. The lowest BCUT2D eigenvalue weighted by Gasteiger charge is -2.15. The van der Waals surface area contributed by atoms with Crippen molar-refractivity contribution in [2.24, 2.45) is 0 Å². The molecule has 1 atom stereocenters. The van der Waals surface area contributed by atoms with Gasteiger partial charge in [-0.05, 0) is 29.9 Å². The van der Waals surface area contributed by atoms with E-state index in [1.165, 1.54) is 22.5 Å². The predicted octanol–water partition coefficient (Wildman–Crippen LogP) is 1.11. The van der Waals surface area contributed by atoms with Crippen LogP contribution in [-0.2, 0) is 21.2 Å². The first-order chi connectivity index (χ1) is 9.88. The largest absolute Gasteiger partial charge is 0.355 e. The number of nitrogens with zero attached hydrogens (tertiary/aromatic N) is 1. The van der Waals surface area contributed by atoms with E-state index in [0.717, 1.165) is 19.1 Å². The van der Waals surface area contributed by atoms with Crippen LogP contribution in [0.4, 0.5) is 0 Å². The van der Waals surface area contributed by atoms with Gasteiger partial charge in [-0.3, -0.25) is 4.79 Å². The van der Waals surface area contributed by atoms with E-state index in [0.29, 0.717) is 19.5 Å². The second-order valence-corrected chi connectivity index (χ2v) is 7.66. The minimum Gasteiger partial charge on any atom is -0.355 e. The van der Waals surface area contributed by atoms with Crippen LogP contribution in [0.25, 0.3) is 0 Å². The van der Waals surface area contributed by atoms with Crippen LogP contribution in [0, 0.1) is 0 Å². The first-order valence-corrected chi connectivity index (χ1v) is 8.98. The van der Waals surface area contributed by atoms with Gasteiger partial charge in [0.1, 0.15) is 0 Å². The molecule has 2 rings (SSSR count). The Labute approximate surface area is 126 Å². The van der Waals surface area contributed by atoms with Crippen LogP contribution in [0.1, 0.15) is 29.9 Å². The molecule has 0 bridgehead atoms. The molecule has 1 aromatic carbocycles. The number of amides is 1. The highest BCUT2D eigenvalue weighted by Crippen LogP contribution is 2.34. The van der Waals surface area contributed by atoms with Gasteiger partial charge in [-0.2, -0.15) is 0 Å². The number of benzene rings is 1. The molecule has 0 aliphatic heterocycles. The van der Waals surface area contributed by atoms with Crippen LogP contribution in [-0.4, -0.2) is 45.0 Å². The van der Waals surface area contributed by atoms with Gasteiger partial charge < -0.3 is 5.32 Å². The van der Waals surface area contributed by atoms with E-state index in [4.69, 9.17) is 0 Å². The van der Waals surface area contributed by atoms with E-state index in [1.54, 1.807) is 0 Å². The molecule has 1 N–H and O–H groups in total. The van der Waals surface area contributed by atoms with E-state index < -0.39 is 10.0 Å². The monoisotopic (exact) mass is 310 g/mol. The topological polar surface area (TPSA) is 66.5 Å². The number of nitrogens with one attached hydrogen (secondary N) is 1. The summed E-state index contributed by atoms with van der Waals surface area (Å²) in [4.78, 5) is 12.0. The van der Waals surface area contributed by atoms with Crippen molar-refractivity contribution in [3.63, 3.8) is 0 Å². The summed E-state index contributed by atoms with van der Waals surface area (Å²) in [5.41, 5.74) is 2.62. The summed E-state index contributed by atoms with van der Waals surface area (Å²) < 4.78 is 23.7. The second-order valence-electron chi connectivity index (χ2n) is 5.57. The molecular formula is C15H22N2O3S. The van der Waals surface area contributed by atoms with E-state index >= 15 is 0 Å². The van der Waals surface area contributed by atoms with Gasteiger partial charge >= 0.3 is 0 Å². The molecule has 0 saturated heterocycles. The Bertz CT molecular complexity index is 613. The highest BCUT2D eigenvalue weighted by molar-refractivity contribution is 7.88. The molecule has 0 heterocycles. The van der Waals surface area contributed by atoms with Crippen molar-refractivity contribution in [2.75, 3.05) is 26.4 Å². The van der Waals surface area contributed by atoms with Gasteiger partial charge in [-0.15, -0.1) is 0 Å². The zero-order chi connectivity index (χ0) is 15.5. The van der Waals surface area contributed by atoms with Crippen LogP contribution in [0.3, 0.4) is 0 Å². The number of carbonyl (C=O) groups excluding carboxylic acids is 1. The first kappa shape index (κ1) is 16.0. The lowest BCUT2D eigenvalue weighted by molar-refractivity contribution is -0.121. The van der Waals surface area contributed by atoms with Gasteiger partial charge in [0.2, 0.25) is 15.9 Å². The fourth-order valence-electron chi connectivity index (χ4n) is 2.67. The molecule has 0 saturated carbocycles. The average molecular weight is 310 g/mol. The number of rotatable bonds is 6. The number of aryl methyl sites for hydroxylation is 1. The highest BCUT2D eigenvalue weighted by Gasteiger charge is 2.24. The Kier molecular flexibility index (Phi) is 5.00. The minimum atomic E-state index is -3.18. The number of hydrogen-bond donors (Lipinski definition) is 1. The molecule has 116 valence electrons. The lowest BCUT2D eigenvalue weighted by atomic mass is 9.97. The second kappa shape index (κ2) is 6.58. The summed E-state index contributed by atoms with van der Waals surface area (Å²) in [5, 5.41) is 2.80. The Balaban J connectivity index is 1.79. The Morgan fingerprint density at radius 1 is 1.38 bits per heavy atom. The highest BCUT2D eigenvalue weighted by atomic mass is 32.2. The molecule has 1 aromatic rings. The summed E-state index contributed by atoms with van der Waals surface area (Å²) in [6, 6.07) is 8.25. The normalized spacial score (nSPS) is 17.8. The van der Waals surface area contributed by atoms with E-state index in [2.05, 4.69) is 17.4 Å². The average Bonchev–Trinajstić information content (AvgIpc) is 2.81. The van der Waals surface area contributed by atoms with E-state index in [-0.39, 0.29) is 11.8 Å². The maximum absolute atomic E-state index is 12.0. The van der Waals surface area contributed by atoms with Crippen LogP contribution >= 0.6 is 0 Å². The van der Waals surface area contributed by atoms with Crippen LogP contribution < -0.4 is 5.32 Å². The van der Waals surface area contributed by atoms with Crippen molar-refractivity contribution in [2.45, 2.75) is 25.2 Å². The Hall–Kier alpha value is -1.40. The molecule has 0 unspecified atom stereocenters. The fraction of sp³-hybridized carbons (Fsp3) is 0.533. The minimum absolute atomic E-state index is 0.0152. The maximum Gasteiger partial charge on any atom is 0.220 e. The van der Waals surface area contributed by atoms with Crippen molar-refractivity contribution in [3.05, 3.63) is 35.4 Å². The van der Waals surface area contributed by atoms with Gasteiger partial charge in [-0.25, -0.2) is 12.7 Å². The lowest BCUT2D eigenvalue weighted by Crippen LogP contribution is -2.35. The third-order valence-corrected chi connectivity index (χ3v) is 5.32. The molecule has 0 aromatic heterocycles. The predicted molar refractivity (Wildman–Crippen MR) is 82.6 cm³/mol. The molecule has 5 nitrogen and oxygen atoms in total. The van der Waals surface area contributed by atoms with Gasteiger partial charge in [0.05, 0.1) is 6.26 Å². The molecule has 6 heteroatoms. The van der Waals surface area contributed by atoms with Gasteiger partial charge in [-0.1, -0.05) is 24.3 Å². The molecule has 0 fully saturated rings. The van der Waals surface area contributed by atoms with E-state index in [9.17, 15) is 13.2 Å². The van der Waals surface area contributed by atoms with Crippen molar-refractivity contribution in [3.8, 4) is 0 Å². The molecule has 21 heavy (non-hydrogen) atoms. The number of sulfonamides is 1. The van der Waals surface area contributed by atoms with E-state index in [1.807, 2.05) is 12.1 Å². The maximum atomic E-state index is 12.0. The van der Waals surface area contributed by atoms with Crippen molar-refractivity contribution in [1.29, 1.82) is 0 Å². The quantitative estimate of drug-likeness (QED) is 0.856. The number of fused-ring (bicyclic) bond motifs is 1. The Morgan fingerprint density at radius 2 is 2.10 bits per heavy atom. The summed E-state index contributed by atoms with van der Waals surface area (Å²) in [6.45, 7) is 0.641. The number of likely N-dealkylation sites (N-methyl/N-ethyl adjacent to an activating group) is 1. The summed E-state index contributed by atoms with van der Waals surface area (Å²) in [6.07, 6.45) is 3.67. The SMILES string of the molecule is CN(CCNC(=O)C[C@@H]1CCc2ccccc21)S(C)(=O)=O. The van der Waals surface area contributed by atoms with Crippen molar-refractivity contribution >= 4 is 15.9 Å². The number of carbonyl (C=O) groups is 1. The van der Waals surface area contributed by atoms with Crippen molar-refractivity contribution < 1.29 is 13.2 Å². The zero-order valence-corrected chi connectivity index (χ0v) is 13.3. The smallest absolute Gasteiger partial charge is 0.220 e. The molecule has 1 amide bonds. The van der Waals surface area contributed by atoms with Crippen LogP contribution in [0.5, 0.6) is 0 Å². The zero-order valence-electron chi connectivity index (χ0n) is 12.5. The summed E-state index contributed by atoms with van der Waals surface area (Å²) >= 11 is 0. The molecule has 1 aliphatic carbocycles. The molecule has 0 radical (unpaired) electrons. The first-order valence-electron chi connectivity index (χ1n) is 7.13. The van der Waals surface area contributed by atoms with Crippen LogP contribution in [0.2, 0.25) is 0 Å². The number of hydrogen-bond acceptors (Lipinski definition) is 3. The molecule has 0 spiro atoms. The summed E-state index contributed by atoms with van der Waals surface area (Å²) in [7, 11) is -1.67. The fourth-order valence-corrected chi connectivity index (χ4v) is 3.09. The van der Waals surface area contributed by atoms with Crippen LogP contribution in [0.15, 0.2) is 24.3 Å². The van der Waals surface area contributed by atoms with Gasteiger partial charge in [0.25, 0.3) is 0 Å². The Morgan fingerprint density at radius 3 is 2.81 bits per heavy atom. The third-order valence-electron chi connectivity index (χ3n) is 4.00. The standard InChI is InChI=1S/C15H22N2O3S/c1-17(21(2,19)20)10-9-16-15(18)11-13-8-7-12-5-3-4-6-14(12)13/h3-6,13H,7-11H2,1-2H3,(H,16,18)/t13-/m0/s1. The molecular weight excluding hydrogens is 288 g/mol. The third kappa shape index (κ3) is 4.28. The van der Waals surface area contributed by atoms with Crippen molar-refractivity contribution in [1.82, 2.24) is 9.62 Å². The molecule has 1 aliphatic rings. The van der Waals surface area contributed by atoms with Gasteiger partial charge in [0, 0.05) is 26.6 Å².